The number of primary amides is 1. The highest BCUT2D eigenvalue weighted by atomic mass is 35.5. The Morgan fingerprint density at radius 3 is 2.77 bits per heavy atom. The molecule has 4 rings (SSSR count). The van der Waals surface area contributed by atoms with Crippen LogP contribution in [-0.2, 0) is 20.1 Å². The number of hydrogen-bond donors (Lipinski definition) is 6. The molecule has 0 unspecified atom stereocenters. The molecule has 0 aliphatic carbocycles. The number of aliphatic carboxylic acids is 1. The molecular weight excluding hydrogens is 624 g/mol. The van der Waals surface area contributed by atoms with Crippen molar-refractivity contribution in [1.29, 1.82) is 0 Å². The highest BCUT2D eigenvalue weighted by Crippen LogP contribution is 2.46. The molecule has 0 saturated carbocycles. The zero-order valence-corrected chi connectivity index (χ0v) is 24.2. The van der Waals surface area contributed by atoms with E-state index in [9.17, 15) is 29.5 Å². The first kappa shape index (κ1) is 29.8. The SMILES string of the molecule is NC(=O)NCCSCc1cnccc1SC1=C(C(=O)O)N2C(=O)[C@@H](NC(=O)/C(=N/O)c3nc(N)sc3Cl)[C@H]2SC1. The number of aromatic nitrogens is 2. The maximum absolute atomic E-state index is 13.1. The van der Waals surface area contributed by atoms with Crippen LogP contribution >= 0.6 is 58.2 Å². The van der Waals surface area contributed by atoms with Crippen molar-refractivity contribution < 1.29 is 29.5 Å². The van der Waals surface area contributed by atoms with Gasteiger partial charge in [-0.25, -0.2) is 14.6 Å². The minimum absolute atomic E-state index is 0.0306. The Bertz CT molecular complexity index is 1420. The van der Waals surface area contributed by atoms with Crippen LogP contribution < -0.4 is 22.1 Å². The molecule has 2 atom stereocenters. The molecule has 0 aromatic carbocycles. The molecule has 2 aliphatic heterocycles. The lowest BCUT2D eigenvalue weighted by Gasteiger charge is -2.49. The first-order valence-electron chi connectivity index (χ1n) is 11.2. The fraction of sp³-hybridized carbons (Fsp3) is 0.286. The highest BCUT2D eigenvalue weighted by molar-refractivity contribution is 8.06. The Kier molecular flexibility index (Phi) is 9.67. The van der Waals surface area contributed by atoms with Gasteiger partial charge in [0.15, 0.2) is 10.8 Å². The third-order valence-corrected chi connectivity index (χ3v) is 10.2. The van der Waals surface area contributed by atoms with Gasteiger partial charge in [-0.1, -0.05) is 39.9 Å². The second-order valence-corrected chi connectivity index (χ2v) is 13.0. The minimum Gasteiger partial charge on any atom is -0.477 e. The maximum Gasteiger partial charge on any atom is 0.353 e. The fourth-order valence-corrected chi connectivity index (χ4v) is 8.15. The van der Waals surface area contributed by atoms with E-state index in [4.69, 9.17) is 23.1 Å². The Balaban J connectivity index is 1.47. The van der Waals surface area contributed by atoms with Crippen molar-refractivity contribution in [1.82, 2.24) is 25.5 Å². The number of nitrogens with one attached hydrogen (secondary N) is 2. The second kappa shape index (κ2) is 13.0. The number of halogens is 1. The summed E-state index contributed by atoms with van der Waals surface area (Å²) in [7, 11) is 0. The first-order valence-corrected chi connectivity index (χ1v) is 15.4. The Morgan fingerprint density at radius 2 is 2.12 bits per heavy atom. The van der Waals surface area contributed by atoms with Crippen molar-refractivity contribution in [2.45, 2.75) is 22.1 Å². The third kappa shape index (κ3) is 6.41. The molecule has 14 nitrogen and oxygen atoms in total. The molecule has 19 heteroatoms. The number of thioether (sulfide) groups is 3. The van der Waals surface area contributed by atoms with Crippen LogP contribution in [0.2, 0.25) is 4.34 Å². The number of carboxylic acids is 1. The van der Waals surface area contributed by atoms with Crippen molar-refractivity contribution in [3.8, 4) is 0 Å². The number of nitrogens with zero attached hydrogens (tertiary/aromatic N) is 4. The van der Waals surface area contributed by atoms with E-state index in [-0.39, 0.29) is 26.6 Å². The number of urea groups is 1. The number of hydrogen-bond acceptors (Lipinski definition) is 13. The summed E-state index contributed by atoms with van der Waals surface area (Å²) in [6.07, 6.45) is 3.27. The Hall–Kier alpha value is -3.19. The van der Waals surface area contributed by atoms with Gasteiger partial charge in [0.1, 0.15) is 27.1 Å². The van der Waals surface area contributed by atoms with Crippen LogP contribution in [0.15, 0.2) is 39.1 Å². The van der Waals surface area contributed by atoms with Crippen molar-refractivity contribution >= 4 is 92.9 Å². The average Bonchev–Trinajstić information content (AvgIpc) is 3.24. The predicted octanol–water partition coefficient (Wildman–Crippen LogP) is 1.34. The van der Waals surface area contributed by atoms with Gasteiger partial charge in [-0.2, -0.15) is 11.8 Å². The lowest BCUT2D eigenvalue weighted by Crippen LogP contribution is -2.71. The number of β-lactam (4-membered cyclic amide) rings is 1. The summed E-state index contributed by atoms with van der Waals surface area (Å²) in [5, 5.41) is 26.7. The van der Waals surface area contributed by atoms with Gasteiger partial charge in [0.05, 0.1) is 0 Å². The molecule has 0 radical (unpaired) electrons. The predicted molar refractivity (Wildman–Crippen MR) is 153 cm³/mol. The van der Waals surface area contributed by atoms with Crippen molar-refractivity contribution in [2.24, 2.45) is 10.9 Å². The minimum atomic E-state index is -1.28. The van der Waals surface area contributed by atoms with Gasteiger partial charge >= 0.3 is 12.0 Å². The van der Waals surface area contributed by atoms with Gasteiger partial charge in [-0.15, -0.1) is 11.8 Å². The molecule has 2 aliphatic rings. The van der Waals surface area contributed by atoms with Crippen molar-refractivity contribution in [2.75, 3.05) is 23.8 Å². The van der Waals surface area contributed by atoms with Crippen LogP contribution in [-0.4, -0.2) is 84.2 Å². The summed E-state index contributed by atoms with van der Waals surface area (Å²) in [5.74, 6) is -1.39. The highest BCUT2D eigenvalue weighted by Gasteiger charge is 2.54. The molecule has 0 bridgehead atoms. The monoisotopic (exact) mass is 644 g/mol. The smallest absolute Gasteiger partial charge is 0.353 e. The van der Waals surface area contributed by atoms with Gasteiger partial charge in [0.2, 0.25) is 0 Å². The lowest BCUT2D eigenvalue weighted by atomic mass is 10.0. The molecule has 8 N–H and O–H groups in total. The molecule has 1 saturated heterocycles. The summed E-state index contributed by atoms with van der Waals surface area (Å²) in [4.78, 5) is 59.3. The van der Waals surface area contributed by atoms with E-state index < -0.39 is 40.9 Å². The summed E-state index contributed by atoms with van der Waals surface area (Å²) in [6.45, 7) is 0.403. The Morgan fingerprint density at radius 1 is 1.35 bits per heavy atom. The van der Waals surface area contributed by atoms with Crippen molar-refractivity contribution in [3.05, 3.63) is 44.7 Å². The summed E-state index contributed by atoms with van der Waals surface area (Å²) < 4.78 is 0.0306. The fourth-order valence-electron chi connectivity index (χ4n) is 3.73. The van der Waals surface area contributed by atoms with Crippen molar-refractivity contribution in [3.63, 3.8) is 0 Å². The average molecular weight is 645 g/mol. The molecule has 40 heavy (non-hydrogen) atoms. The van der Waals surface area contributed by atoms with E-state index in [1.807, 2.05) is 0 Å². The summed E-state index contributed by atoms with van der Waals surface area (Å²) in [5.41, 5.74) is 10.7. The summed E-state index contributed by atoms with van der Waals surface area (Å²) >= 11 is 11.0. The lowest BCUT2D eigenvalue weighted by molar-refractivity contribution is -0.150. The molecular formula is C21H21ClN8O6S4. The number of pyridine rings is 1. The van der Waals surface area contributed by atoms with E-state index in [0.29, 0.717) is 23.0 Å². The van der Waals surface area contributed by atoms with E-state index >= 15 is 0 Å². The van der Waals surface area contributed by atoms with Gasteiger partial charge in [-0.3, -0.25) is 19.5 Å². The van der Waals surface area contributed by atoms with E-state index in [2.05, 4.69) is 25.8 Å². The zero-order valence-electron chi connectivity index (χ0n) is 20.2. The van der Waals surface area contributed by atoms with Gasteiger partial charge < -0.3 is 32.4 Å². The van der Waals surface area contributed by atoms with E-state index in [0.717, 1.165) is 26.7 Å². The standard InChI is InChI=1S/C21H21ClN8O6S4/c22-15-11(28-21(24)40-15)12(29-36)16(31)27-13-17(32)30-14(19(33)34)10(7-38-18(13)30)39-9-1-2-25-5-8(9)6-37-4-3-26-20(23)35/h1-2,5,13,18,36H,3-4,6-7H2,(H2,24,28)(H,27,31)(H,33,34)(H3,23,26,35)/b29-12+/t13-,18-/m1/s1. The molecule has 1 fully saturated rings. The van der Waals surface area contributed by atoms with Gasteiger partial charge in [0, 0.05) is 46.0 Å². The van der Waals surface area contributed by atoms with Crippen LogP contribution in [0, 0.1) is 0 Å². The van der Waals surface area contributed by atoms with Crippen LogP contribution in [0.3, 0.4) is 0 Å². The van der Waals surface area contributed by atoms with Crippen LogP contribution in [0.25, 0.3) is 0 Å². The second-order valence-electron chi connectivity index (χ2n) is 7.99. The summed E-state index contributed by atoms with van der Waals surface area (Å²) in [6, 6.07) is 0.100. The molecule has 4 heterocycles. The number of thiazole rings is 1. The number of nitrogen functional groups attached to an aromatic ring is 1. The van der Waals surface area contributed by atoms with Crippen LogP contribution in [0.1, 0.15) is 11.3 Å². The number of carbonyl (C=O) groups excluding carboxylic acids is 3. The number of fused-ring (bicyclic) bond motifs is 1. The van der Waals surface area contributed by atoms with Crippen LogP contribution in [0.5, 0.6) is 0 Å². The number of nitrogens with two attached hydrogens (primary N) is 2. The number of oxime groups is 1. The molecule has 2 aromatic heterocycles. The van der Waals surface area contributed by atoms with Gasteiger partial charge in [0.25, 0.3) is 11.8 Å². The molecule has 212 valence electrons. The zero-order chi connectivity index (χ0) is 29.0. The largest absolute Gasteiger partial charge is 0.477 e. The molecule has 4 amide bonds. The number of carbonyl (C=O) groups is 4. The first-order chi connectivity index (χ1) is 19.1. The van der Waals surface area contributed by atoms with Crippen LogP contribution in [0.4, 0.5) is 9.93 Å². The quantitative estimate of drug-likeness (QED) is 0.0670. The number of rotatable bonds is 11. The molecule has 0 spiro atoms. The number of anilines is 1. The topological polar surface area (TPSA) is 226 Å². The number of amides is 4. The van der Waals surface area contributed by atoms with E-state index in [1.165, 1.54) is 23.5 Å². The normalized spacial score (nSPS) is 18.7. The van der Waals surface area contributed by atoms with E-state index in [1.54, 1.807) is 30.2 Å². The maximum atomic E-state index is 13.1. The third-order valence-electron chi connectivity index (χ3n) is 5.46. The number of carboxylic acid groups (broad SMARTS) is 1. The van der Waals surface area contributed by atoms with Gasteiger partial charge in [-0.05, 0) is 11.6 Å². The molecule has 2 aromatic rings. The Labute approximate surface area is 248 Å².